The molecule has 1 rings (SSSR count). The van der Waals surface area contributed by atoms with Crippen LogP contribution in [0.15, 0.2) is 24.3 Å². The van der Waals surface area contributed by atoms with E-state index in [1.165, 1.54) is 16.4 Å². The van der Waals surface area contributed by atoms with Gasteiger partial charge in [0.2, 0.25) is 0 Å². The Kier molecular flexibility index (Phi) is 5.20. The first-order valence-corrected chi connectivity index (χ1v) is 6.11. The highest BCUT2D eigenvalue weighted by Crippen LogP contribution is 2.12. The second kappa shape index (κ2) is 6.24. The number of aryl methyl sites for hydroxylation is 1. The van der Waals surface area contributed by atoms with Crippen molar-refractivity contribution in [1.82, 2.24) is 0 Å². The van der Waals surface area contributed by atoms with Gasteiger partial charge in [-0.05, 0) is 41.9 Å². The van der Waals surface area contributed by atoms with Crippen LogP contribution in [0.2, 0.25) is 0 Å². The van der Waals surface area contributed by atoms with E-state index in [2.05, 4.69) is 41.6 Å². The van der Waals surface area contributed by atoms with E-state index in [-0.39, 0.29) is 0 Å². The maximum atomic E-state index is 5.59. The zero-order valence-corrected chi connectivity index (χ0v) is 10.1. The monoisotopic (exact) mass is 290 g/mol. The highest BCUT2D eigenvalue weighted by atomic mass is 127. The molecule has 1 aromatic carbocycles. The fraction of sp³-hybridized carbons (Fsp3) is 0.455. The topological polar surface area (TPSA) is 9.23 Å². The second-order valence-electron chi connectivity index (χ2n) is 3.06. The van der Waals surface area contributed by atoms with Gasteiger partial charge in [0.05, 0.1) is 6.61 Å². The van der Waals surface area contributed by atoms with Crippen molar-refractivity contribution in [2.45, 2.75) is 19.8 Å². The van der Waals surface area contributed by atoms with E-state index in [1.807, 2.05) is 12.1 Å². The van der Waals surface area contributed by atoms with Crippen molar-refractivity contribution >= 4 is 22.6 Å². The SMILES string of the molecule is Cc1cccc(OCCCCI)c1. The predicted molar refractivity (Wildman–Crippen MR) is 64.8 cm³/mol. The number of ether oxygens (including phenoxy) is 1. The van der Waals surface area contributed by atoms with Crippen LogP contribution in [-0.4, -0.2) is 11.0 Å². The van der Waals surface area contributed by atoms with E-state index >= 15 is 0 Å². The van der Waals surface area contributed by atoms with Crippen LogP contribution < -0.4 is 4.74 Å². The Morgan fingerprint density at radius 2 is 2.15 bits per heavy atom. The molecule has 0 aliphatic heterocycles. The molecule has 0 aliphatic rings. The molecular weight excluding hydrogens is 275 g/mol. The Morgan fingerprint density at radius 1 is 1.31 bits per heavy atom. The van der Waals surface area contributed by atoms with Gasteiger partial charge < -0.3 is 4.74 Å². The zero-order valence-electron chi connectivity index (χ0n) is 7.92. The Morgan fingerprint density at radius 3 is 2.85 bits per heavy atom. The molecule has 0 saturated heterocycles. The summed E-state index contributed by atoms with van der Waals surface area (Å²) >= 11 is 2.39. The van der Waals surface area contributed by atoms with Crippen molar-refractivity contribution in [3.05, 3.63) is 29.8 Å². The minimum atomic E-state index is 0.840. The summed E-state index contributed by atoms with van der Waals surface area (Å²) in [5, 5.41) is 0. The van der Waals surface area contributed by atoms with Gasteiger partial charge in [-0.25, -0.2) is 0 Å². The maximum absolute atomic E-state index is 5.59. The van der Waals surface area contributed by atoms with E-state index in [4.69, 9.17) is 4.74 Å². The zero-order chi connectivity index (χ0) is 9.52. The highest BCUT2D eigenvalue weighted by Gasteiger charge is 1.92. The lowest BCUT2D eigenvalue weighted by atomic mass is 10.2. The summed E-state index contributed by atoms with van der Waals surface area (Å²) in [4.78, 5) is 0. The van der Waals surface area contributed by atoms with E-state index in [9.17, 15) is 0 Å². The molecule has 0 atom stereocenters. The molecular formula is C11H15IO. The number of halogens is 1. The Labute approximate surface area is 93.6 Å². The number of alkyl halides is 1. The summed E-state index contributed by atoms with van der Waals surface area (Å²) in [6, 6.07) is 8.20. The molecule has 0 fully saturated rings. The largest absolute Gasteiger partial charge is 0.494 e. The minimum Gasteiger partial charge on any atom is -0.494 e. The molecule has 1 nitrogen and oxygen atoms in total. The fourth-order valence-electron chi connectivity index (χ4n) is 1.09. The van der Waals surface area contributed by atoms with Gasteiger partial charge in [0, 0.05) is 0 Å². The third-order valence-electron chi connectivity index (χ3n) is 1.79. The first-order valence-electron chi connectivity index (χ1n) is 4.58. The molecule has 0 amide bonds. The van der Waals surface area contributed by atoms with Crippen LogP contribution in [-0.2, 0) is 0 Å². The molecule has 0 N–H and O–H groups in total. The van der Waals surface area contributed by atoms with Crippen molar-refractivity contribution in [1.29, 1.82) is 0 Å². The van der Waals surface area contributed by atoms with Gasteiger partial charge in [0.25, 0.3) is 0 Å². The summed E-state index contributed by atoms with van der Waals surface area (Å²) in [6.45, 7) is 2.92. The van der Waals surface area contributed by atoms with Crippen molar-refractivity contribution in [3.8, 4) is 5.75 Å². The van der Waals surface area contributed by atoms with Gasteiger partial charge >= 0.3 is 0 Å². The predicted octanol–water partition coefficient (Wildman–Crippen LogP) is 3.59. The highest BCUT2D eigenvalue weighted by molar-refractivity contribution is 14.1. The Hall–Kier alpha value is -0.250. The molecule has 13 heavy (non-hydrogen) atoms. The summed E-state index contributed by atoms with van der Waals surface area (Å²) in [7, 11) is 0. The number of hydrogen-bond donors (Lipinski definition) is 0. The maximum Gasteiger partial charge on any atom is 0.119 e. The lowest BCUT2D eigenvalue weighted by molar-refractivity contribution is 0.310. The molecule has 2 heteroatoms. The van der Waals surface area contributed by atoms with Gasteiger partial charge in [-0.3, -0.25) is 0 Å². The molecule has 0 unspecified atom stereocenters. The van der Waals surface area contributed by atoms with E-state index in [0.717, 1.165) is 18.8 Å². The van der Waals surface area contributed by atoms with Gasteiger partial charge in [-0.1, -0.05) is 34.7 Å². The molecule has 72 valence electrons. The molecule has 0 aliphatic carbocycles. The van der Waals surface area contributed by atoms with Crippen molar-refractivity contribution in [2.75, 3.05) is 11.0 Å². The van der Waals surface area contributed by atoms with Gasteiger partial charge in [0.15, 0.2) is 0 Å². The molecule has 1 aromatic rings. The quantitative estimate of drug-likeness (QED) is 0.457. The van der Waals surface area contributed by atoms with Gasteiger partial charge in [0.1, 0.15) is 5.75 Å². The Balaban J connectivity index is 2.28. The van der Waals surface area contributed by atoms with Crippen LogP contribution in [0.5, 0.6) is 5.75 Å². The summed E-state index contributed by atoms with van der Waals surface area (Å²) in [5.74, 6) is 0.994. The normalized spacial score (nSPS) is 10.0. The lowest BCUT2D eigenvalue weighted by Gasteiger charge is -2.05. The molecule has 0 saturated carbocycles. The van der Waals surface area contributed by atoms with Gasteiger partial charge in [-0.15, -0.1) is 0 Å². The first-order chi connectivity index (χ1) is 6.33. The molecule has 0 aromatic heterocycles. The van der Waals surface area contributed by atoms with Crippen LogP contribution in [0.4, 0.5) is 0 Å². The minimum absolute atomic E-state index is 0.840. The standard InChI is InChI=1S/C11H15IO/c1-10-5-4-6-11(9-10)13-8-3-2-7-12/h4-6,9H,2-3,7-8H2,1H3. The van der Waals surface area contributed by atoms with E-state index in [0.29, 0.717) is 0 Å². The number of hydrogen-bond acceptors (Lipinski definition) is 1. The van der Waals surface area contributed by atoms with E-state index < -0.39 is 0 Å². The van der Waals surface area contributed by atoms with Crippen molar-refractivity contribution in [3.63, 3.8) is 0 Å². The molecule has 0 heterocycles. The van der Waals surface area contributed by atoms with Crippen LogP contribution in [0, 0.1) is 6.92 Å². The summed E-state index contributed by atoms with van der Waals surface area (Å²) in [6.07, 6.45) is 2.39. The van der Waals surface area contributed by atoms with Crippen molar-refractivity contribution in [2.24, 2.45) is 0 Å². The van der Waals surface area contributed by atoms with Crippen molar-refractivity contribution < 1.29 is 4.74 Å². The third-order valence-corrected chi connectivity index (χ3v) is 2.55. The van der Waals surface area contributed by atoms with Crippen LogP contribution in [0.25, 0.3) is 0 Å². The summed E-state index contributed by atoms with van der Waals surface area (Å²) < 4.78 is 6.80. The van der Waals surface area contributed by atoms with Crippen LogP contribution in [0.3, 0.4) is 0 Å². The number of rotatable bonds is 5. The van der Waals surface area contributed by atoms with Gasteiger partial charge in [-0.2, -0.15) is 0 Å². The first kappa shape index (κ1) is 10.8. The molecule has 0 spiro atoms. The number of benzene rings is 1. The number of unbranched alkanes of at least 4 members (excludes halogenated alkanes) is 1. The fourth-order valence-corrected chi connectivity index (χ4v) is 1.63. The smallest absolute Gasteiger partial charge is 0.119 e. The van der Waals surface area contributed by atoms with E-state index in [1.54, 1.807) is 0 Å². The average molecular weight is 290 g/mol. The van der Waals surface area contributed by atoms with Crippen LogP contribution >= 0.6 is 22.6 Å². The molecule has 0 bridgehead atoms. The second-order valence-corrected chi connectivity index (χ2v) is 4.14. The lowest BCUT2D eigenvalue weighted by Crippen LogP contribution is -1.97. The Bertz CT molecular complexity index is 248. The third kappa shape index (κ3) is 4.50. The molecule has 0 radical (unpaired) electrons. The van der Waals surface area contributed by atoms with Crippen LogP contribution in [0.1, 0.15) is 18.4 Å². The average Bonchev–Trinajstić information content (AvgIpc) is 2.13. The summed E-state index contributed by atoms with van der Waals surface area (Å²) in [5.41, 5.74) is 1.26.